The molecule has 0 saturated carbocycles. The van der Waals surface area contributed by atoms with Crippen molar-refractivity contribution in [3.63, 3.8) is 0 Å². The Kier molecular flexibility index (Phi) is 4.22. The Bertz CT molecular complexity index is 545. The van der Waals surface area contributed by atoms with Crippen molar-refractivity contribution < 1.29 is 8.42 Å². The fourth-order valence-electron chi connectivity index (χ4n) is 2.22. The Labute approximate surface area is 118 Å². The fourth-order valence-corrected chi connectivity index (χ4v) is 4.61. The van der Waals surface area contributed by atoms with E-state index < -0.39 is 10.0 Å². The van der Waals surface area contributed by atoms with Gasteiger partial charge in [-0.25, -0.2) is 8.42 Å². The zero-order chi connectivity index (χ0) is 13.3. The summed E-state index contributed by atoms with van der Waals surface area (Å²) >= 11 is 11.8. The molecule has 100 valence electrons. The minimum absolute atomic E-state index is 0.0331. The molecule has 1 saturated heterocycles. The monoisotopic (exact) mass is 307 g/mol. The summed E-state index contributed by atoms with van der Waals surface area (Å²) in [5, 5.41) is 0.253. The summed E-state index contributed by atoms with van der Waals surface area (Å²) in [7, 11) is -3.51. The number of rotatable bonds is 3. The third-order valence-electron chi connectivity index (χ3n) is 3.23. The van der Waals surface area contributed by atoms with Crippen LogP contribution in [0.2, 0.25) is 5.02 Å². The number of halogens is 2. The lowest BCUT2D eigenvalue weighted by Gasteiger charge is -2.21. The van der Waals surface area contributed by atoms with E-state index >= 15 is 0 Å². The molecule has 6 heteroatoms. The lowest BCUT2D eigenvalue weighted by Crippen LogP contribution is -2.33. The predicted octanol–water partition coefficient (Wildman–Crippen LogP) is 3.25. The lowest BCUT2D eigenvalue weighted by molar-refractivity contribution is 0.408. The Morgan fingerprint density at radius 2 is 2.17 bits per heavy atom. The van der Waals surface area contributed by atoms with Gasteiger partial charge in [0.15, 0.2) is 0 Å². The molecule has 0 aromatic heterocycles. The maximum absolute atomic E-state index is 12.5. The molecule has 1 unspecified atom stereocenters. The Hall–Kier alpha value is -0.290. The quantitative estimate of drug-likeness (QED) is 0.804. The van der Waals surface area contributed by atoms with Gasteiger partial charge in [0, 0.05) is 18.5 Å². The minimum Gasteiger partial charge on any atom is -0.207 e. The maximum atomic E-state index is 12.5. The molecule has 1 fully saturated rings. The summed E-state index contributed by atoms with van der Waals surface area (Å²) in [6.07, 6.45) is 1.79. The van der Waals surface area contributed by atoms with Crippen molar-refractivity contribution in [2.24, 2.45) is 0 Å². The first-order valence-electron chi connectivity index (χ1n) is 5.83. The molecule has 18 heavy (non-hydrogen) atoms. The first-order chi connectivity index (χ1) is 8.46. The number of benzene rings is 1. The minimum atomic E-state index is -3.51. The van der Waals surface area contributed by atoms with Gasteiger partial charge in [-0.3, -0.25) is 0 Å². The van der Waals surface area contributed by atoms with Crippen LogP contribution in [0.5, 0.6) is 0 Å². The average molecular weight is 308 g/mol. The van der Waals surface area contributed by atoms with Gasteiger partial charge < -0.3 is 0 Å². The smallest absolute Gasteiger partial charge is 0.207 e. The van der Waals surface area contributed by atoms with Crippen LogP contribution in [-0.4, -0.2) is 25.3 Å². The van der Waals surface area contributed by atoms with E-state index in [4.69, 9.17) is 23.2 Å². The SMILES string of the molecule is CC1CCCN1S(=O)(=O)c1cc(CCl)ccc1Cl. The van der Waals surface area contributed by atoms with Crippen LogP contribution >= 0.6 is 23.2 Å². The number of nitrogens with zero attached hydrogens (tertiary/aromatic N) is 1. The molecule has 1 aliphatic rings. The van der Waals surface area contributed by atoms with Crippen molar-refractivity contribution in [1.29, 1.82) is 0 Å². The zero-order valence-electron chi connectivity index (χ0n) is 10.1. The summed E-state index contributed by atoms with van der Waals surface area (Å²) in [6, 6.07) is 4.93. The van der Waals surface area contributed by atoms with E-state index in [9.17, 15) is 8.42 Å². The molecular formula is C12H15Cl2NO2S. The highest BCUT2D eigenvalue weighted by Crippen LogP contribution is 2.30. The van der Waals surface area contributed by atoms with Gasteiger partial charge in [-0.1, -0.05) is 17.7 Å². The van der Waals surface area contributed by atoms with E-state index in [0.717, 1.165) is 18.4 Å². The third kappa shape index (κ3) is 2.52. The van der Waals surface area contributed by atoms with Gasteiger partial charge in [-0.2, -0.15) is 4.31 Å². The molecule has 1 aromatic carbocycles. The van der Waals surface area contributed by atoms with Gasteiger partial charge in [-0.05, 0) is 37.5 Å². The van der Waals surface area contributed by atoms with Crippen LogP contribution in [0, 0.1) is 0 Å². The normalized spacial score (nSPS) is 21.4. The summed E-state index contributed by atoms with van der Waals surface area (Å²) in [5.41, 5.74) is 0.756. The first kappa shape index (κ1) is 14.1. The second-order valence-electron chi connectivity index (χ2n) is 4.51. The molecule has 0 spiro atoms. The number of hydrogen-bond acceptors (Lipinski definition) is 2. The van der Waals surface area contributed by atoms with E-state index in [1.807, 2.05) is 6.92 Å². The van der Waals surface area contributed by atoms with Crippen molar-refractivity contribution >= 4 is 33.2 Å². The lowest BCUT2D eigenvalue weighted by atomic mass is 10.2. The molecule has 1 aliphatic heterocycles. The molecular weight excluding hydrogens is 293 g/mol. The second-order valence-corrected chi connectivity index (χ2v) is 7.04. The fraction of sp³-hybridized carbons (Fsp3) is 0.500. The van der Waals surface area contributed by atoms with Crippen LogP contribution in [0.3, 0.4) is 0 Å². The number of hydrogen-bond donors (Lipinski definition) is 0. The van der Waals surface area contributed by atoms with Crippen LogP contribution in [0.25, 0.3) is 0 Å². The largest absolute Gasteiger partial charge is 0.244 e. The van der Waals surface area contributed by atoms with Crippen molar-refractivity contribution in [3.05, 3.63) is 28.8 Å². The van der Waals surface area contributed by atoms with E-state index in [2.05, 4.69) is 0 Å². The number of alkyl halides is 1. The highest BCUT2D eigenvalue weighted by atomic mass is 35.5. The molecule has 0 amide bonds. The van der Waals surface area contributed by atoms with Gasteiger partial charge in [-0.15, -0.1) is 11.6 Å². The highest BCUT2D eigenvalue weighted by molar-refractivity contribution is 7.89. The van der Waals surface area contributed by atoms with Crippen LogP contribution in [0.4, 0.5) is 0 Å². The van der Waals surface area contributed by atoms with Gasteiger partial charge in [0.05, 0.1) is 5.02 Å². The molecule has 3 nitrogen and oxygen atoms in total. The van der Waals surface area contributed by atoms with Crippen molar-refractivity contribution in [2.75, 3.05) is 6.54 Å². The van der Waals surface area contributed by atoms with Crippen LogP contribution in [0.15, 0.2) is 23.1 Å². The van der Waals surface area contributed by atoms with Crippen molar-refractivity contribution in [3.8, 4) is 0 Å². The van der Waals surface area contributed by atoms with E-state index in [1.165, 1.54) is 4.31 Å². The second kappa shape index (κ2) is 5.37. The summed E-state index contributed by atoms with van der Waals surface area (Å²) in [4.78, 5) is 0.163. The molecule has 0 radical (unpaired) electrons. The van der Waals surface area contributed by atoms with Crippen LogP contribution in [0.1, 0.15) is 25.3 Å². The standard InChI is InChI=1S/C12H15Cl2NO2S/c1-9-3-2-6-15(9)18(16,17)12-7-10(8-13)4-5-11(12)14/h4-5,7,9H,2-3,6,8H2,1H3. The maximum Gasteiger partial charge on any atom is 0.244 e. The van der Waals surface area contributed by atoms with Gasteiger partial charge in [0.1, 0.15) is 4.90 Å². The molecule has 0 aliphatic carbocycles. The first-order valence-corrected chi connectivity index (χ1v) is 8.18. The Morgan fingerprint density at radius 1 is 1.44 bits per heavy atom. The topological polar surface area (TPSA) is 37.4 Å². The molecule has 0 bridgehead atoms. The van der Waals surface area contributed by atoms with Gasteiger partial charge in [0.2, 0.25) is 10.0 Å². The van der Waals surface area contributed by atoms with Crippen molar-refractivity contribution in [2.45, 2.75) is 36.6 Å². The van der Waals surface area contributed by atoms with E-state index in [1.54, 1.807) is 18.2 Å². The van der Waals surface area contributed by atoms with Gasteiger partial charge >= 0.3 is 0 Å². The Morgan fingerprint density at radius 3 is 2.72 bits per heavy atom. The van der Waals surface area contributed by atoms with Crippen molar-refractivity contribution in [1.82, 2.24) is 4.31 Å². The molecule has 1 atom stereocenters. The molecule has 1 aromatic rings. The third-order valence-corrected chi connectivity index (χ3v) is 6.03. The Balaban J connectivity index is 2.46. The molecule has 0 N–H and O–H groups in total. The van der Waals surface area contributed by atoms with Crippen LogP contribution < -0.4 is 0 Å². The van der Waals surface area contributed by atoms with E-state index in [0.29, 0.717) is 6.54 Å². The summed E-state index contributed by atoms with van der Waals surface area (Å²) in [5.74, 6) is 0.273. The summed E-state index contributed by atoms with van der Waals surface area (Å²) in [6.45, 7) is 2.48. The number of sulfonamides is 1. The zero-order valence-corrected chi connectivity index (χ0v) is 12.4. The highest BCUT2D eigenvalue weighted by Gasteiger charge is 2.33. The molecule has 2 rings (SSSR count). The van der Waals surface area contributed by atoms with E-state index in [-0.39, 0.29) is 21.8 Å². The predicted molar refractivity (Wildman–Crippen MR) is 73.6 cm³/mol. The van der Waals surface area contributed by atoms with Crippen LogP contribution in [-0.2, 0) is 15.9 Å². The summed E-state index contributed by atoms with van der Waals surface area (Å²) < 4.78 is 26.6. The average Bonchev–Trinajstić information content (AvgIpc) is 2.76. The van der Waals surface area contributed by atoms with Gasteiger partial charge in [0.25, 0.3) is 0 Å². The molecule has 1 heterocycles.